The van der Waals surface area contributed by atoms with E-state index >= 15 is 0 Å². The third kappa shape index (κ3) is 4.89. The van der Waals surface area contributed by atoms with Gasteiger partial charge in [-0.3, -0.25) is 4.79 Å². The van der Waals surface area contributed by atoms with E-state index in [4.69, 9.17) is 24.9 Å². The van der Waals surface area contributed by atoms with Gasteiger partial charge in [0.15, 0.2) is 5.65 Å². The molecular weight excluding hydrogens is 474 g/mol. The molecule has 2 fully saturated rings. The molecule has 1 saturated heterocycles. The molecule has 4 aromatic heterocycles. The Kier molecular flexibility index (Phi) is 7.36. The number of nitrogens with zero attached hydrogens (tertiary/aromatic N) is 5. The predicted molar refractivity (Wildman–Crippen MR) is 140 cm³/mol. The van der Waals surface area contributed by atoms with E-state index in [0.717, 1.165) is 23.0 Å². The second kappa shape index (κ2) is 10.8. The number of hydrogen-bond donors (Lipinski definition) is 2. The lowest BCUT2D eigenvalue weighted by atomic mass is 9.96. The lowest BCUT2D eigenvalue weighted by molar-refractivity contribution is 0.0370. The molecule has 1 saturated carbocycles. The molecule has 1 aliphatic heterocycles. The molecule has 3 N–H and O–H groups in total. The van der Waals surface area contributed by atoms with Crippen molar-refractivity contribution in [3.8, 4) is 11.3 Å². The molecule has 196 valence electrons. The van der Waals surface area contributed by atoms with E-state index in [-0.39, 0.29) is 17.7 Å². The van der Waals surface area contributed by atoms with Crippen molar-refractivity contribution >= 4 is 28.4 Å². The number of rotatable bonds is 7. The summed E-state index contributed by atoms with van der Waals surface area (Å²) in [5.74, 6) is 0.125. The molecule has 1 aliphatic carbocycles. The summed E-state index contributed by atoms with van der Waals surface area (Å²) in [5.41, 5.74) is 8.68. The highest BCUT2D eigenvalue weighted by Gasteiger charge is 2.29. The number of hydrogen-bond acceptors (Lipinski definition) is 8. The summed E-state index contributed by atoms with van der Waals surface area (Å²) in [6.07, 6.45) is 10.7. The number of methoxy groups -OCH3 is 2. The van der Waals surface area contributed by atoms with Crippen LogP contribution in [0.15, 0.2) is 36.8 Å². The van der Waals surface area contributed by atoms with E-state index in [2.05, 4.69) is 26.2 Å². The van der Waals surface area contributed by atoms with Gasteiger partial charge in [0.1, 0.15) is 17.0 Å². The Morgan fingerprint density at radius 1 is 1.30 bits per heavy atom. The Balaban J connectivity index is 0.000000412. The van der Waals surface area contributed by atoms with Crippen molar-refractivity contribution in [3.05, 3.63) is 42.4 Å². The number of amides is 1. The zero-order valence-electron chi connectivity index (χ0n) is 21.4. The molecule has 0 aromatic carbocycles. The van der Waals surface area contributed by atoms with Gasteiger partial charge in [-0.15, -0.1) is 0 Å². The monoisotopic (exact) mass is 507 g/mol. The van der Waals surface area contributed by atoms with E-state index in [0.29, 0.717) is 36.5 Å². The van der Waals surface area contributed by atoms with E-state index in [1.807, 2.05) is 18.2 Å². The van der Waals surface area contributed by atoms with Crippen molar-refractivity contribution in [1.29, 1.82) is 0 Å². The van der Waals surface area contributed by atoms with Crippen LogP contribution in [0.25, 0.3) is 27.9 Å². The van der Waals surface area contributed by atoms with Gasteiger partial charge in [-0.1, -0.05) is 0 Å². The summed E-state index contributed by atoms with van der Waals surface area (Å²) in [7, 11) is 5.25. The predicted octanol–water partition coefficient (Wildman–Crippen LogP) is 3.05. The molecule has 4 aromatic rings. The summed E-state index contributed by atoms with van der Waals surface area (Å²) in [4.78, 5) is 21.2. The number of primary amides is 1. The fourth-order valence-electron chi connectivity index (χ4n) is 4.81. The summed E-state index contributed by atoms with van der Waals surface area (Å²) in [5, 5.41) is 8.33. The smallest absolute Gasteiger partial charge is 0.254 e. The van der Waals surface area contributed by atoms with Crippen molar-refractivity contribution in [2.24, 2.45) is 5.73 Å². The van der Waals surface area contributed by atoms with Crippen LogP contribution in [0.3, 0.4) is 0 Å². The first-order valence-electron chi connectivity index (χ1n) is 12.5. The summed E-state index contributed by atoms with van der Waals surface area (Å²) in [6.45, 7) is 1.16. The van der Waals surface area contributed by atoms with Gasteiger partial charge in [0.2, 0.25) is 0 Å². The minimum atomic E-state index is -0.571. The molecule has 0 bridgehead atoms. The highest BCUT2D eigenvalue weighted by atomic mass is 16.5. The summed E-state index contributed by atoms with van der Waals surface area (Å²) >= 11 is 0. The fraction of sp³-hybridized carbons (Fsp3) is 0.462. The maximum Gasteiger partial charge on any atom is 0.254 e. The molecule has 2 unspecified atom stereocenters. The second-order valence-corrected chi connectivity index (χ2v) is 9.35. The molecule has 11 heteroatoms. The van der Waals surface area contributed by atoms with Crippen LogP contribution in [-0.2, 0) is 14.2 Å². The number of nitrogens with one attached hydrogen (secondary N) is 1. The first-order valence-corrected chi connectivity index (χ1v) is 12.5. The summed E-state index contributed by atoms with van der Waals surface area (Å²) in [6, 6.07) is 5.97. The molecule has 2 aliphatic rings. The molecule has 5 heterocycles. The van der Waals surface area contributed by atoms with Gasteiger partial charge in [-0.25, -0.2) is 9.97 Å². The lowest BCUT2D eigenvalue weighted by Gasteiger charge is -2.22. The van der Waals surface area contributed by atoms with Crippen LogP contribution < -0.4 is 11.1 Å². The standard InChI is InChI=1S/C21H23N7O3.C5H10O/c1-23-18-7-17(26-21-15(19(22)29)8-25-28(18)21)16-9-27(20-14(16)4-3-5-24-20)12-6-13(11-30-2)31-10-12;1-6-5-3-2-4-5/h3-5,7-9,12-13,23H,6,10-11H2,1-2H3,(H2,22,29);5H,2-4H2,1H3. The van der Waals surface area contributed by atoms with Gasteiger partial charge in [-0.2, -0.15) is 9.61 Å². The third-order valence-electron chi connectivity index (χ3n) is 7.05. The Hall–Kier alpha value is -3.54. The molecule has 0 spiro atoms. The Morgan fingerprint density at radius 2 is 2.14 bits per heavy atom. The van der Waals surface area contributed by atoms with E-state index in [1.54, 1.807) is 32.0 Å². The fourth-order valence-corrected chi connectivity index (χ4v) is 4.81. The van der Waals surface area contributed by atoms with Crippen molar-refractivity contribution in [1.82, 2.24) is 24.1 Å². The van der Waals surface area contributed by atoms with Crippen molar-refractivity contribution in [2.75, 3.05) is 39.8 Å². The number of nitrogens with two attached hydrogens (primary N) is 1. The topological polar surface area (TPSA) is 131 Å². The van der Waals surface area contributed by atoms with Crippen LogP contribution in [0, 0.1) is 0 Å². The Labute approximate surface area is 214 Å². The van der Waals surface area contributed by atoms with Gasteiger partial charge in [-0.05, 0) is 37.8 Å². The largest absolute Gasteiger partial charge is 0.382 e. The molecule has 2 atom stereocenters. The molecule has 37 heavy (non-hydrogen) atoms. The van der Waals surface area contributed by atoms with Crippen LogP contribution in [0.2, 0.25) is 0 Å². The van der Waals surface area contributed by atoms with Gasteiger partial charge >= 0.3 is 0 Å². The van der Waals surface area contributed by atoms with Crippen LogP contribution in [-0.4, -0.2) is 76.7 Å². The highest BCUT2D eigenvalue weighted by Crippen LogP contribution is 2.35. The normalized spacial score (nSPS) is 19.5. The first-order chi connectivity index (χ1) is 18.0. The number of carbonyl (C=O) groups excluding carboxylic acids is 1. The number of ether oxygens (including phenoxy) is 3. The van der Waals surface area contributed by atoms with Gasteiger partial charge in [0, 0.05) is 50.7 Å². The van der Waals surface area contributed by atoms with E-state index < -0.39 is 5.91 Å². The Morgan fingerprint density at radius 3 is 2.78 bits per heavy atom. The number of fused-ring (bicyclic) bond motifs is 2. The van der Waals surface area contributed by atoms with Gasteiger partial charge < -0.3 is 29.8 Å². The second-order valence-electron chi connectivity index (χ2n) is 9.35. The average molecular weight is 508 g/mol. The minimum absolute atomic E-state index is 0.0647. The third-order valence-corrected chi connectivity index (χ3v) is 7.05. The maximum absolute atomic E-state index is 11.9. The maximum atomic E-state index is 11.9. The Bertz CT molecular complexity index is 1390. The summed E-state index contributed by atoms with van der Waals surface area (Å²) < 4.78 is 19.8. The number of pyridine rings is 1. The molecule has 11 nitrogen and oxygen atoms in total. The van der Waals surface area contributed by atoms with Crippen LogP contribution in [0.4, 0.5) is 5.82 Å². The SMILES string of the molecule is CNc1cc(-c2cn(C3COC(COC)C3)c3ncccc23)nc2c(C(N)=O)cnn12.COC1CCC1. The zero-order valence-corrected chi connectivity index (χ0v) is 21.4. The van der Waals surface area contributed by atoms with Crippen molar-refractivity contribution < 1.29 is 19.0 Å². The minimum Gasteiger partial charge on any atom is -0.382 e. The lowest BCUT2D eigenvalue weighted by Crippen LogP contribution is -2.18. The van der Waals surface area contributed by atoms with Crippen LogP contribution >= 0.6 is 0 Å². The number of anilines is 1. The highest BCUT2D eigenvalue weighted by molar-refractivity contribution is 6.00. The average Bonchev–Trinajstić information content (AvgIpc) is 3.60. The van der Waals surface area contributed by atoms with Gasteiger partial charge in [0.05, 0.1) is 43.4 Å². The van der Waals surface area contributed by atoms with Crippen LogP contribution in [0.1, 0.15) is 42.1 Å². The molecule has 0 radical (unpaired) electrons. The van der Waals surface area contributed by atoms with Crippen LogP contribution in [0.5, 0.6) is 0 Å². The van der Waals surface area contributed by atoms with E-state index in [9.17, 15) is 4.79 Å². The van der Waals surface area contributed by atoms with E-state index in [1.165, 1.54) is 25.5 Å². The van der Waals surface area contributed by atoms with Crippen molar-refractivity contribution in [2.45, 2.75) is 43.9 Å². The molecule has 6 rings (SSSR count). The number of aromatic nitrogens is 5. The first kappa shape index (κ1) is 25.1. The van der Waals surface area contributed by atoms with Crippen molar-refractivity contribution in [3.63, 3.8) is 0 Å². The molecular formula is C26H33N7O4. The quantitative estimate of drug-likeness (QED) is 0.390. The van der Waals surface area contributed by atoms with Gasteiger partial charge in [0.25, 0.3) is 5.91 Å². The zero-order chi connectivity index (χ0) is 25.9. The molecule has 1 amide bonds. The number of carbonyl (C=O) groups is 1.